The molecule has 2 N–H and O–H groups in total. The van der Waals surface area contributed by atoms with Crippen molar-refractivity contribution in [2.45, 2.75) is 38.3 Å². The van der Waals surface area contributed by atoms with Crippen LogP contribution < -0.4 is 15.4 Å². The van der Waals surface area contributed by atoms with E-state index < -0.39 is 0 Å². The highest BCUT2D eigenvalue weighted by Crippen LogP contribution is 2.24. The monoisotopic (exact) mass is 322 g/mol. The number of rotatable bonds is 7. The minimum absolute atomic E-state index is 0.327. The predicted octanol–water partition coefficient (Wildman–Crippen LogP) is 2.43. The van der Waals surface area contributed by atoms with Crippen LogP contribution in [0.15, 0.2) is 23.3 Å². The van der Waals surface area contributed by atoms with E-state index in [9.17, 15) is 0 Å². The standard InChI is InChI=1S/C16H26N4OS/c1-17-16(19-10-11-22-2)20-12-13-6-5-9-18-15(13)21-14-7-3-4-8-14/h5-6,9,14H,3-4,7-8,10-12H2,1-2H3,(H2,17,19,20). The molecular formula is C16H26N4OS. The van der Waals surface area contributed by atoms with Gasteiger partial charge in [0.2, 0.25) is 5.88 Å². The Hall–Kier alpha value is -1.43. The third-order valence-electron chi connectivity index (χ3n) is 3.70. The molecule has 5 nitrogen and oxygen atoms in total. The molecule has 0 amide bonds. The number of thioether (sulfide) groups is 1. The molecule has 1 aliphatic carbocycles. The summed E-state index contributed by atoms with van der Waals surface area (Å²) in [6.07, 6.45) is 9.02. The fourth-order valence-electron chi connectivity index (χ4n) is 2.50. The van der Waals surface area contributed by atoms with E-state index in [-0.39, 0.29) is 0 Å². The lowest BCUT2D eigenvalue weighted by molar-refractivity contribution is 0.199. The Kier molecular flexibility index (Phi) is 7.36. The summed E-state index contributed by atoms with van der Waals surface area (Å²) in [4.78, 5) is 8.63. The highest BCUT2D eigenvalue weighted by molar-refractivity contribution is 7.98. The fourth-order valence-corrected chi connectivity index (χ4v) is 2.81. The third-order valence-corrected chi connectivity index (χ3v) is 4.31. The van der Waals surface area contributed by atoms with Gasteiger partial charge in [-0.2, -0.15) is 11.8 Å². The summed E-state index contributed by atoms with van der Waals surface area (Å²) < 4.78 is 6.06. The summed E-state index contributed by atoms with van der Waals surface area (Å²) in [5.41, 5.74) is 1.07. The molecule has 1 aromatic rings. The Morgan fingerprint density at radius 3 is 2.95 bits per heavy atom. The average molecular weight is 322 g/mol. The van der Waals surface area contributed by atoms with Gasteiger partial charge in [0.1, 0.15) is 6.10 Å². The summed E-state index contributed by atoms with van der Waals surface area (Å²) >= 11 is 1.81. The van der Waals surface area contributed by atoms with Crippen molar-refractivity contribution in [3.05, 3.63) is 23.9 Å². The Morgan fingerprint density at radius 2 is 2.23 bits per heavy atom. The van der Waals surface area contributed by atoms with Crippen molar-refractivity contribution in [1.29, 1.82) is 0 Å². The summed E-state index contributed by atoms with van der Waals surface area (Å²) in [5, 5.41) is 6.61. The van der Waals surface area contributed by atoms with Crippen molar-refractivity contribution in [3.63, 3.8) is 0 Å². The minimum atomic E-state index is 0.327. The first-order valence-electron chi connectivity index (χ1n) is 7.87. The normalized spacial score (nSPS) is 15.8. The maximum Gasteiger partial charge on any atom is 0.218 e. The number of aliphatic imine (C=N–C) groups is 1. The molecule has 0 spiro atoms. The van der Waals surface area contributed by atoms with Gasteiger partial charge in [-0.25, -0.2) is 4.98 Å². The number of ether oxygens (including phenoxy) is 1. The SMILES string of the molecule is CN=C(NCCSC)NCc1cccnc1OC1CCCC1. The lowest BCUT2D eigenvalue weighted by Crippen LogP contribution is -2.38. The number of nitrogens with zero attached hydrogens (tertiary/aromatic N) is 2. The number of hydrogen-bond acceptors (Lipinski definition) is 4. The molecule has 0 saturated heterocycles. The second-order valence-electron chi connectivity index (χ2n) is 5.34. The lowest BCUT2D eigenvalue weighted by atomic mass is 10.2. The summed E-state index contributed by atoms with van der Waals surface area (Å²) in [7, 11) is 1.79. The van der Waals surface area contributed by atoms with Crippen molar-refractivity contribution in [2.24, 2.45) is 4.99 Å². The summed E-state index contributed by atoms with van der Waals surface area (Å²) in [6, 6.07) is 4.00. The first kappa shape index (κ1) is 16.9. The third kappa shape index (κ3) is 5.40. The van der Waals surface area contributed by atoms with E-state index in [1.165, 1.54) is 12.8 Å². The molecular weight excluding hydrogens is 296 g/mol. The largest absolute Gasteiger partial charge is 0.474 e. The van der Waals surface area contributed by atoms with Crippen LogP contribution in [0.1, 0.15) is 31.2 Å². The van der Waals surface area contributed by atoms with Crippen LogP contribution in [0.2, 0.25) is 0 Å². The van der Waals surface area contributed by atoms with Gasteiger partial charge in [-0.05, 0) is 38.0 Å². The van der Waals surface area contributed by atoms with Crippen molar-refractivity contribution in [1.82, 2.24) is 15.6 Å². The smallest absolute Gasteiger partial charge is 0.218 e. The van der Waals surface area contributed by atoms with Gasteiger partial charge in [0.15, 0.2) is 5.96 Å². The molecule has 0 radical (unpaired) electrons. The van der Waals surface area contributed by atoms with E-state index in [2.05, 4.69) is 32.9 Å². The van der Waals surface area contributed by atoms with Crippen LogP contribution in [-0.2, 0) is 6.54 Å². The summed E-state index contributed by atoms with van der Waals surface area (Å²) in [6.45, 7) is 1.56. The van der Waals surface area contributed by atoms with E-state index >= 15 is 0 Å². The van der Waals surface area contributed by atoms with E-state index in [0.717, 1.165) is 42.5 Å². The zero-order chi connectivity index (χ0) is 15.6. The number of hydrogen-bond donors (Lipinski definition) is 2. The molecule has 0 atom stereocenters. The zero-order valence-electron chi connectivity index (χ0n) is 13.5. The maximum absolute atomic E-state index is 6.06. The minimum Gasteiger partial charge on any atom is -0.474 e. The van der Waals surface area contributed by atoms with E-state index in [0.29, 0.717) is 12.6 Å². The molecule has 2 rings (SSSR count). The molecule has 122 valence electrons. The van der Waals surface area contributed by atoms with E-state index in [1.54, 1.807) is 13.2 Å². The number of aromatic nitrogens is 1. The van der Waals surface area contributed by atoms with Crippen LogP contribution >= 0.6 is 11.8 Å². The number of pyridine rings is 1. The van der Waals surface area contributed by atoms with Crippen LogP contribution in [-0.4, -0.2) is 42.6 Å². The van der Waals surface area contributed by atoms with Gasteiger partial charge in [0.05, 0.1) is 0 Å². The van der Waals surface area contributed by atoms with Gasteiger partial charge in [0, 0.05) is 37.7 Å². The van der Waals surface area contributed by atoms with Crippen molar-refractivity contribution in [3.8, 4) is 5.88 Å². The highest BCUT2D eigenvalue weighted by Gasteiger charge is 2.18. The van der Waals surface area contributed by atoms with Crippen LogP contribution in [0.25, 0.3) is 0 Å². The van der Waals surface area contributed by atoms with Gasteiger partial charge in [-0.15, -0.1) is 0 Å². The molecule has 6 heteroatoms. The van der Waals surface area contributed by atoms with Crippen molar-refractivity contribution >= 4 is 17.7 Å². The van der Waals surface area contributed by atoms with Crippen molar-refractivity contribution < 1.29 is 4.74 Å². The van der Waals surface area contributed by atoms with Crippen LogP contribution in [0.3, 0.4) is 0 Å². The first-order valence-corrected chi connectivity index (χ1v) is 9.27. The fraction of sp³-hybridized carbons (Fsp3) is 0.625. The van der Waals surface area contributed by atoms with E-state index in [4.69, 9.17) is 4.74 Å². The zero-order valence-corrected chi connectivity index (χ0v) is 14.3. The average Bonchev–Trinajstić information content (AvgIpc) is 3.05. The Bertz CT molecular complexity index is 475. The molecule has 1 aromatic heterocycles. The molecule has 0 bridgehead atoms. The number of nitrogens with one attached hydrogen (secondary N) is 2. The second kappa shape index (κ2) is 9.56. The molecule has 1 saturated carbocycles. The molecule has 22 heavy (non-hydrogen) atoms. The number of guanidine groups is 1. The van der Waals surface area contributed by atoms with Crippen LogP contribution in [0, 0.1) is 0 Å². The lowest BCUT2D eigenvalue weighted by Gasteiger charge is -2.16. The molecule has 1 fully saturated rings. The highest BCUT2D eigenvalue weighted by atomic mass is 32.2. The molecule has 1 heterocycles. The van der Waals surface area contributed by atoms with Gasteiger partial charge in [-0.1, -0.05) is 6.07 Å². The molecule has 0 aliphatic heterocycles. The van der Waals surface area contributed by atoms with E-state index in [1.807, 2.05) is 17.8 Å². The summed E-state index contributed by atoms with van der Waals surface area (Å²) in [5.74, 6) is 2.62. The topological polar surface area (TPSA) is 58.5 Å². The first-order chi connectivity index (χ1) is 10.8. The van der Waals surface area contributed by atoms with Gasteiger partial charge >= 0.3 is 0 Å². The predicted molar refractivity (Wildman–Crippen MR) is 93.7 cm³/mol. The Balaban J connectivity index is 1.88. The van der Waals surface area contributed by atoms with Gasteiger partial charge in [-0.3, -0.25) is 4.99 Å². The Labute approximate surface area is 137 Å². The molecule has 1 aliphatic rings. The molecule has 0 aromatic carbocycles. The van der Waals surface area contributed by atoms with Crippen LogP contribution in [0.4, 0.5) is 0 Å². The van der Waals surface area contributed by atoms with Gasteiger partial charge < -0.3 is 15.4 Å². The second-order valence-corrected chi connectivity index (χ2v) is 6.32. The Morgan fingerprint density at radius 1 is 1.41 bits per heavy atom. The molecule has 0 unspecified atom stereocenters. The maximum atomic E-state index is 6.06. The van der Waals surface area contributed by atoms with Crippen molar-refractivity contribution in [2.75, 3.05) is 25.6 Å². The van der Waals surface area contributed by atoms with Crippen LogP contribution in [0.5, 0.6) is 5.88 Å². The quantitative estimate of drug-likeness (QED) is 0.459. The van der Waals surface area contributed by atoms with Gasteiger partial charge in [0.25, 0.3) is 0 Å².